The minimum absolute atomic E-state index is 0.573. The lowest BCUT2D eigenvalue weighted by atomic mass is 10.1. The Morgan fingerprint density at radius 3 is 2.52 bits per heavy atom. The van der Waals surface area contributed by atoms with Crippen LogP contribution in [0.3, 0.4) is 0 Å². The number of ether oxygens (including phenoxy) is 1. The number of nitrogens with zero attached hydrogens (tertiary/aromatic N) is 1. The highest BCUT2D eigenvalue weighted by molar-refractivity contribution is 6.30. The Hall–Kier alpha value is -3.05. The van der Waals surface area contributed by atoms with E-state index in [4.69, 9.17) is 21.2 Å². The van der Waals surface area contributed by atoms with Crippen LogP contribution in [-0.2, 0) is 4.84 Å². The molecule has 0 atom stereocenters. The maximum absolute atomic E-state index is 11.7. The van der Waals surface area contributed by atoms with E-state index >= 15 is 0 Å². The van der Waals surface area contributed by atoms with Gasteiger partial charge in [-0.1, -0.05) is 35.0 Å². The quantitative estimate of drug-likeness (QED) is 0.403. The van der Waals surface area contributed by atoms with Gasteiger partial charge < -0.3 is 4.74 Å². The van der Waals surface area contributed by atoms with E-state index in [1.165, 1.54) is 6.21 Å². The predicted molar refractivity (Wildman–Crippen MR) is 99.6 cm³/mol. The van der Waals surface area contributed by atoms with E-state index < -0.39 is 6.09 Å². The summed E-state index contributed by atoms with van der Waals surface area (Å²) < 4.78 is 5.20. The normalized spacial score (nSPS) is 10.8. The van der Waals surface area contributed by atoms with Crippen LogP contribution in [0.4, 0.5) is 10.5 Å². The van der Waals surface area contributed by atoms with Crippen LogP contribution in [-0.4, -0.2) is 19.4 Å². The monoisotopic (exact) mass is 354 g/mol. The molecule has 0 radical (unpaired) electrons. The van der Waals surface area contributed by atoms with E-state index in [0.717, 1.165) is 22.1 Å². The van der Waals surface area contributed by atoms with Crippen molar-refractivity contribution in [3.05, 3.63) is 71.2 Å². The zero-order chi connectivity index (χ0) is 17.6. The summed E-state index contributed by atoms with van der Waals surface area (Å²) in [4.78, 5) is 16.5. The minimum atomic E-state index is -0.677. The summed E-state index contributed by atoms with van der Waals surface area (Å²) in [6.45, 7) is 0. The number of halogens is 1. The molecule has 126 valence electrons. The summed E-state index contributed by atoms with van der Waals surface area (Å²) in [5, 5.41) is 8.94. The number of nitrogens with one attached hydrogen (secondary N) is 1. The minimum Gasteiger partial charge on any atom is -0.497 e. The van der Waals surface area contributed by atoms with Gasteiger partial charge in [0, 0.05) is 10.7 Å². The fourth-order valence-electron chi connectivity index (χ4n) is 2.26. The average Bonchev–Trinajstić information content (AvgIpc) is 2.63. The second kappa shape index (κ2) is 7.68. The highest BCUT2D eigenvalue weighted by atomic mass is 35.5. The number of oxime groups is 1. The molecule has 0 saturated heterocycles. The van der Waals surface area contributed by atoms with Gasteiger partial charge in [0.25, 0.3) is 0 Å². The van der Waals surface area contributed by atoms with Crippen LogP contribution in [0, 0.1) is 0 Å². The molecular formula is C19H15ClN2O3. The molecule has 0 aliphatic carbocycles. The van der Waals surface area contributed by atoms with E-state index in [1.54, 1.807) is 31.4 Å². The number of methoxy groups -OCH3 is 1. The Bertz CT molecular complexity index is 924. The molecule has 0 aromatic heterocycles. The third kappa shape index (κ3) is 4.49. The van der Waals surface area contributed by atoms with Crippen LogP contribution in [0.15, 0.2) is 65.8 Å². The predicted octanol–water partition coefficient (Wildman–Crippen LogP) is 5.08. The summed E-state index contributed by atoms with van der Waals surface area (Å²) in [5.41, 5.74) is 1.39. The lowest BCUT2D eigenvalue weighted by Crippen LogP contribution is -2.10. The van der Waals surface area contributed by atoms with E-state index in [-0.39, 0.29) is 0 Å². The van der Waals surface area contributed by atoms with Crippen LogP contribution < -0.4 is 10.1 Å². The Labute approximate surface area is 149 Å². The lowest BCUT2D eigenvalue weighted by Gasteiger charge is -2.04. The largest absolute Gasteiger partial charge is 0.497 e. The third-order valence-corrected chi connectivity index (χ3v) is 3.75. The molecular weight excluding hydrogens is 340 g/mol. The Kier molecular flexibility index (Phi) is 5.16. The summed E-state index contributed by atoms with van der Waals surface area (Å²) in [7, 11) is 1.63. The first-order chi connectivity index (χ1) is 12.1. The third-order valence-electron chi connectivity index (χ3n) is 3.50. The Morgan fingerprint density at radius 2 is 1.76 bits per heavy atom. The molecule has 1 N–H and O–H groups in total. The number of fused-ring (bicyclic) bond motifs is 1. The van der Waals surface area contributed by atoms with Gasteiger partial charge in [0.05, 0.1) is 13.3 Å². The van der Waals surface area contributed by atoms with Crippen molar-refractivity contribution >= 4 is 40.4 Å². The number of benzene rings is 3. The fraction of sp³-hybridized carbons (Fsp3) is 0.0526. The van der Waals surface area contributed by atoms with Gasteiger partial charge in [-0.3, -0.25) is 10.2 Å². The van der Waals surface area contributed by atoms with Crippen LogP contribution >= 0.6 is 11.6 Å². The van der Waals surface area contributed by atoms with E-state index in [9.17, 15) is 4.79 Å². The number of hydrogen-bond donors (Lipinski definition) is 1. The van der Waals surface area contributed by atoms with Crippen molar-refractivity contribution in [2.24, 2.45) is 5.16 Å². The molecule has 0 saturated carbocycles. The molecule has 0 bridgehead atoms. The molecule has 0 unspecified atom stereocenters. The zero-order valence-corrected chi connectivity index (χ0v) is 14.2. The number of anilines is 1. The fourth-order valence-corrected chi connectivity index (χ4v) is 2.38. The van der Waals surface area contributed by atoms with E-state index in [0.29, 0.717) is 10.7 Å². The SMILES string of the molecule is COc1ccc2cc(/C=N\OC(=O)Nc3ccc(Cl)cc3)ccc2c1. The second-order valence-corrected chi connectivity index (χ2v) is 5.65. The number of carbonyl (C=O) groups excluding carboxylic acids is 1. The van der Waals surface area contributed by atoms with Crippen molar-refractivity contribution < 1.29 is 14.4 Å². The van der Waals surface area contributed by atoms with Crippen molar-refractivity contribution in [1.29, 1.82) is 0 Å². The highest BCUT2D eigenvalue weighted by Crippen LogP contribution is 2.21. The molecule has 0 spiro atoms. The summed E-state index contributed by atoms with van der Waals surface area (Å²) in [6.07, 6.45) is 0.801. The molecule has 5 nitrogen and oxygen atoms in total. The number of rotatable bonds is 4. The molecule has 3 rings (SSSR count). The summed E-state index contributed by atoms with van der Waals surface area (Å²) in [6, 6.07) is 18.3. The molecule has 0 aliphatic rings. The number of hydrogen-bond acceptors (Lipinski definition) is 4. The van der Waals surface area contributed by atoms with Crippen molar-refractivity contribution in [3.8, 4) is 5.75 Å². The maximum Gasteiger partial charge on any atom is 0.437 e. The van der Waals surface area contributed by atoms with Crippen molar-refractivity contribution in [2.45, 2.75) is 0 Å². The van der Waals surface area contributed by atoms with Crippen LogP contribution in [0.1, 0.15) is 5.56 Å². The van der Waals surface area contributed by atoms with Crippen molar-refractivity contribution in [1.82, 2.24) is 0 Å². The molecule has 25 heavy (non-hydrogen) atoms. The molecule has 0 heterocycles. The molecule has 3 aromatic rings. The van der Waals surface area contributed by atoms with E-state index in [2.05, 4.69) is 10.5 Å². The van der Waals surface area contributed by atoms with Gasteiger partial charge in [-0.2, -0.15) is 0 Å². The van der Waals surface area contributed by atoms with Gasteiger partial charge in [-0.25, -0.2) is 4.79 Å². The van der Waals surface area contributed by atoms with Gasteiger partial charge in [0.15, 0.2) is 0 Å². The molecule has 0 aliphatic heterocycles. The first kappa shape index (κ1) is 16.8. The number of carbonyl (C=O) groups is 1. The van der Waals surface area contributed by atoms with Crippen LogP contribution in [0.2, 0.25) is 5.02 Å². The molecule has 6 heteroatoms. The Morgan fingerprint density at radius 1 is 1.04 bits per heavy atom. The van der Waals surface area contributed by atoms with Crippen LogP contribution in [0.25, 0.3) is 10.8 Å². The Balaban J connectivity index is 1.62. The highest BCUT2D eigenvalue weighted by Gasteiger charge is 2.02. The molecule has 0 fully saturated rings. The molecule has 3 aromatic carbocycles. The summed E-state index contributed by atoms with van der Waals surface area (Å²) in [5.74, 6) is 0.802. The second-order valence-electron chi connectivity index (χ2n) is 5.22. The zero-order valence-electron chi connectivity index (χ0n) is 13.4. The average molecular weight is 355 g/mol. The van der Waals surface area contributed by atoms with Gasteiger partial charge in [0.1, 0.15) is 5.75 Å². The first-order valence-corrected chi connectivity index (χ1v) is 7.86. The van der Waals surface area contributed by atoms with E-state index in [1.807, 2.05) is 36.4 Å². The van der Waals surface area contributed by atoms with Gasteiger partial charge in [-0.05, 0) is 58.8 Å². The van der Waals surface area contributed by atoms with Crippen LogP contribution in [0.5, 0.6) is 5.75 Å². The lowest BCUT2D eigenvalue weighted by molar-refractivity contribution is 0.167. The molecule has 1 amide bonds. The topological polar surface area (TPSA) is 59.9 Å². The smallest absolute Gasteiger partial charge is 0.437 e. The van der Waals surface area contributed by atoms with Crippen molar-refractivity contribution in [2.75, 3.05) is 12.4 Å². The van der Waals surface area contributed by atoms with Crippen molar-refractivity contribution in [3.63, 3.8) is 0 Å². The maximum atomic E-state index is 11.7. The summed E-state index contributed by atoms with van der Waals surface area (Å²) >= 11 is 5.78. The van der Waals surface area contributed by atoms with Gasteiger partial charge in [-0.15, -0.1) is 0 Å². The number of amides is 1. The van der Waals surface area contributed by atoms with Gasteiger partial charge >= 0.3 is 6.09 Å². The first-order valence-electron chi connectivity index (χ1n) is 7.49. The standard InChI is InChI=1S/C19H15ClN2O3/c1-24-18-9-4-14-10-13(2-3-15(14)11-18)12-21-25-19(23)22-17-7-5-16(20)6-8-17/h2-12H,1H3,(H,22,23)/b21-12-. The van der Waals surface area contributed by atoms with Gasteiger partial charge in [0.2, 0.25) is 0 Å².